The molecule has 2 aromatic heterocycles. The number of benzene rings is 1. The molecular formula is C49H57N5O14. The molecule has 9 atom stereocenters. The SMILES string of the molecule is CO[C@H]1/C=C/O[C@@]2(C)Oc3c(C)c(O)c4c(c3C2=O)C(=O)C(N2CCOCC2)=C(NC(=O)/C(C)=C\C=C\[C@@H](C)[C@@H](O)[C@@H](C)[C@@H](O)[C@@H](C)[C@@H](OC(=O)NCc2cc(-c3ccccn3)no2)[C@@H]1C)C4=O. The highest BCUT2D eigenvalue weighted by Gasteiger charge is 2.53. The first-order valence-electron chi connectivity index (χ1n) is 22.4. The summed E-state index contributed by atoms with van der Waals surface area (Å²) in [5.41, 5.74) is -0.574. The van der Waals surface area contributed by atoms with E-state index in [9.17, 15) is 39.3 Å². The Balaban J connectivity index is 1.24. The molecule has 1 saturated heterocycles. The molecule has 5 aliphatic rings. The van der Waals surface area contributed by atoms with E-state index in [4.69, 9.17) is 28.2 Å². The van der Waals surface area contributed by atoms with Gasteiger partial charge < -0.3 is 59.1 Å². The summed E-state index contributed by atoms with van der Waals surface area (Å²) in [6.07, 6.45) is 3.65. The number of morpholine rings is 1. The standard InChI is InChI=1S/C49H57N5O14/c1-24-12-11-13-25(2)47(61)52-37-38(54-17-20-64-21-18-54)43(59)34-35(42(37)58)41(57)29(6)45-36(34)46(60)49(7,67-45)65-19-15-33(63-8)26(3)44(28(5)40(56)27(4)39(24)55)66-48(62)51-23-30-22-32(53-68-30)31-14-9-10-16-50-31/h9-16,19,22,24,26-28,33,39-40,44,55-57H,17-18,20-21,23H2,1-8H3,(H,51,62)(H,52,61)/b12-11+,19-15+,25-13-/t24-,26-,27-,28-,33+,39-,40-,44+,49+/m1/s1. The summed E-state index contributed by atoms with van der Waals surface area (Å²) in [6.45, 7) is 11.7. The van der Waals surface area contributed by atoms with Crippen molar-refractivity contribution >= 4 is 29.4 Å². The van der Waals surface area contributed by atoms with E-state index in [0.29, 0.717) is 17.1 Å². The molecule has 68 heavy (non-hydrogen) atoms. The number of aromatic nitrogens is 2. The number of aliphatic hydroxyl groups excluding tert-OH is 2. The Hall–Kier alpha value is -6.67. The van der Waals surface area contributed by atoms with Gasteiger partial charge in [-0.3, -0.25) is 24.2 Å². The first kappa shape index (κ1) is 49.2. The van der Waals surface area contributed by atoms with Gasteiger partial charge in [0.25, 0.3) is 11.7 Å². The second kappa shape index (κ2) is 20.3. The number of carbonyl (C=O) groups excluding carboxylic acids is 5. The largest absolute Gasteiger partial charge is 0.507 e. The summed E-state index contributed by atoms with van der Waals surface area (Å²) in [5.74, 6) is -8.79. The number of allylic oxidation sites excluding steroid dienone is 4. The molecule has 1 fully saturated rings. The fraction of sp³-hybridized carbons (Fsp3) is 0.449. The molecule has 362 valence electrons. The smallest absolute Gasteiger partial charge is 0.407 e. The molecule has 8 rings (SSSR count). The summed E-state index contributed by atoms with van der Waals surface area (Å²) in [7, 11) is 1.41. The Morgan fingerprint density at radius 2 is 1.69 bits per heavy atom. The quantitative estimate of drug-likeness (QED) is 0.224. The Bertz CT molecular complexity index is 2580. The van der Waals surface area contributed by atoms with Crippen LogP contribution in [-0.2, 0) is 30.3 Å². The highest BCUT2D eigenvalue weighted by atomic mass is 16.7. The second-order valence-corrected chi connectivity index (χ2v) is 17.7. The van der Waals surface area contributed by atoms with Crippen molar-refractivity contribution in [2.24, 2.45) is 23.7 Å². The van der Waals surface area contributed by atoms with Crippen LogP contribution in [0.25, 0.3) is 11.4 Å². The summed E-state index contributed by atoms with van der Waals surface area (Å²) < 4.78 is 35.0. The lowest BCUT2D eigenvalue weighted by atomic mass is 9.78. The lowest BCUT2D eigenvalue weighted by Crippen LogP contribution is -2.47. The van der Waals surface area contributed by atoms with Crippen molar-refractivity contribution in [1.29, 1.82) is 0 Å². The number of aliphatic hydroxyl groups is 2. The van der Waals surface area contributed by atoms with Crippen molar-refractivity contribution in [3.8, 4) is 22.9 Å². The lowest BCUT2D eigenvalue weighted by molar-refractivity contribution is -0.116. The number of phenols is 1. The molecule has 5 bridgehead atoms. The van der Waals surface area contributed by atoms with Crippen LogP contribution in [0.4, 0.5) is 4.79 Å². The zero-order chi connectivity index (χ0) is 49.2. The molecular weight excluding hydrogens is 883 g/mol. The van der Waals surface area contributed by atoms with E-state index in [1.54, 1.807) is 75.2 Å². The molecule has 0 radical (unpaired) electrons. The van der Waals surface area contributed by atoms with Crippen molar-refractivity contribution in [2.45, 2.75) is 85.2 Å². The van der Waals surface area contributed by atoms with Gasteiger partial charge in [-0.05, 0) is 32.1 Å². The van der Waals surface area contributed by atoms with Gasteiger partial charge in [0, 0.05) is 74.2 Å². The van der Waals surface area contributed by atoms with E-state index in [0.717, 1.165) is 6.26 Å². The number of hydrogen-bond donors (Lipinski definition) is 5. The maximum Gasteiger partial charge on any atom is 0.407 e. The molecule has 19 nitrogen and oxygen atoms in total. The van der Waals surface area contributed by atoms with Crippen molar-refractivity contribution in [3.05, 3.63) is 106 Å². The number of pyridine rings is 1. The van der Waals surface area contributed by atoms with E-state index < -0.39 is 100 Å². The number of carbonyl (C=O) groups is 5. The van der Waals surface area contributed by atoms with Crippen molar-refractivity contribution in [1.82, 2.24) is 25.7 Å². The minimum Gasteiger partial charge on any atom is -0.507 e. The predicted octanol–water partition coefficient (Wildman–Crippen LogP) is 4.70. The van der Waals surface area contributed by atoms with Gasteiger partial charge in [-0.1, -0.05) is 57.1 Å². The van der Waals surface area contributed by atoms with Crippen LogP contribution < -0.4 is 15.4 Å². The van der Waals surface area contributed by atoms with Crippen LogP contribution in [-0.4, -0.2) is 123 Å². The minimum absolute atomic E-state index is 0.0199. The first-order valence-corrected chi connectivity index (χ1v) is 22.4. The van der Waals surface area contributed by atoms with Gasteiger partial charge >= 0.3 is 11.9 Å². The Kier molecular flexibility index (Phi) is 14.7. The molecule has 19 heteroatoms. The molecule has 0 saturated carbocycles. The lowest BCUT2D eigenvalue weighted by Gasteiger charge is -2.38. The number of aromatic hydroxyl groups is 1. The van der Waals surface area contributed by atoms with Gasteiger partial charge in [0.15, 0.2) is 5.76 Å². The topological polar surface area (TPSA) is 258 Å². The zero-order valence-electron chi connectivity index (χ0n) is 39.1. The van der Waals surface area contributed by atoms with Crippen LogP contribution in [0.15, 0.2) is 82.5 Å². The number of alkyl carbamates (subject to hydrolysis) is 1. The summed E-state index contributed by atoms with van der Waals surface area (Å²) >= 11 is 0. The third kappa shape index (κ3) is 9.56. The van der Waals surface area contributed by atoms with Gasteiger partial charge in [-0.25, -0.2) is 4.79 Å². The molecule has 5 N–H and O–H groups in total. The highest BCUT2D eigenvalue weighted by Crippen LogP contribution is 2.49. The molecule has 0 unspecified atom stereocenters. The average molecular weight is 940 g/mol. The number of methoxy groups -OCH3 is 1. The Morgan fingerprint density at radius 3 is 2.38 bits per heavy atom. The Morgan fingerprint density at radius 1 is 0.956 bits per heavy atom. The summed E-state index contributed by atoms with van der Waals surface area (Å²) in [5, 5.41) is 44.3. The normalized spacial score (nSPS) is 29.9. The van der Waals surface area contributed by atoms with E-state index >= 15 is 0 Å². The van der Waals surface area contributed by atoms with Crippen molar-refractivity contribution in [3.63, 3.8) is 0 Å². The number of hydrogen-bond acceptors (Lipinski definition) is 17. The average Bonchev–Trinajstić information content (AvgIpc) is 3.92. The molecule has 0 spiro atoms. The minimum atomic E-state index is -2.13. The number of rotatable bonds is 6. The van der Waals surface area contributed by atoms with Crippen LogP contribution in [0.5, 0.6) is 11.5 Å². The van der Waals surface area contributed by atoms with Gasteiger partial charge in [-0.15, -0.1) is 0 Å². The van der Waals surface area contributed by atoms with E-state index in [1.165, 1.54) is 40.0 Å². The predicted molar refractivity (Wildman–Crippen MR) is 242 cm³/mol. The molecule has 6 heterocycles. The van der Waals surface area contributed by atoms with Crippen LogP contribution >= 0.6 is 0 Å². The van der Waals surface area contributed by atoms with Crippen molar-refractivity contribution in [2.75, 3.05) is 33.4 Å². The number of ether oxygens (including phenoxy) is 5. The number of amides is 2. The van der Waals surface area contributed by atoms with Crippen LogP contribution in [0.2, 0.25) is 0 Å². The van der Waals surface area contributed by atoms with E-state index in [2.05, 4.69) is 20.8 Å². The number of nitrogens with one attached hydrogen (secondary N) is 2. The molecule has 1 aliphatic carbocycles. The highest BCUT2D eigenvalue weighted by molar-refractivity contribution is 6.32. The fourth-order valence-electron chi connectivity index (χ4n) is 8.93. The number of ketones is 3. The summed E-state index contributed by atoms with van der Waals surface area (Å²) in [4.78, 5) is 77.1. The van der Waals surface area contributed by atoms with E-state index in [-0.39, 0.29) is 66.7 Å². The third-order valence-electron chi connectivity index (χ3n) is 13.1. The zero-order valence-corrected chi connectivity index (χ0v) is 39.1. The molecule has 3 aromatic rings. The number of Topliss-reactive ketones (excluding diaryl/α,β-unsaturated/α-hetero) is 3. The maximum absolute atomic E-state index is 14.8. The first-order chi connectivity index (χ1) is 32.4. The van der Waals surface area contributed by atoms with Gasteiger partial charge in [0.2, 0.25) is 11.6 Å². The molecule has 1 aromatic carbocycles. The maximum atomic E-state index is 14.8. The van der Waals surface area contributed by atoms with Crippen LogP contribution in [0, 0.1) is 30.6 Å². The molecule has 2 amide bonds. The van der Waals surface area contributed by atoms with Crippen molar-refractivity contribution < 1.29 is 67.5 Å². The van der Waals surface area contributed by atoms with Crippen LogP contribution in [0.1, 0.15) is 83.9 Å². The second-order valence-electron chi connectivity index (χ2n) is 17.7. The molecule has 4 aliphatic heterocycles. The number of phenolic OH excluding ortho intramolecular Hbond substituents is 1. The summed E-state index contributed by atoms with van der Waals surface area (Å²) in [6, 6.07) is 6.96. The number of fused-ring (bicyclic) bond motifs is 14. The van der Waals surface area contributed by atoms with Gasteiger partial charge in [0.1, 0.15) is 34.7 Å². The van der Waals surface area contributed by atoms with E-state index in [1.807, 2.05) is 0 Å². The third-order valence-corrected chi connectivity index (χ3v) is 13.1. The van der Waals surface area contributed by atoms with Gasteiger partial charge in [0.05, 0.1) is 66.7 Å². The van der Waals surface area contributed by atoms with Crippen LogP contribution in [0.3, 0.4) is 0 Å². The van der Waals surface area contributed by atoms with Gasteiger partial charge in [-0.2, -0.15) is 0 Å². The fourth-order valence-corrected chi connectivity index (χ4v) is 8.93. The number of nitrogens with zero attached hydrogens (tertiary/aromatic N) is 3. The Labute approximate surface area is 392 Å². The monoisotopic (exact) mass is 939 g/mol.